The van der Waals surface area contributed by atoms with Crippen LogP contribution in [0.5, 0.6) is 5.75 Å². The topological polar surface area (TPSA) is 55.6 Å². The van der Waals surface area contributed by atoms with Crippen LogP contribution in [0.3, 0.4) is 0 Å². The molecule has 0 aliphatic carbocycles. The smallest absolute Gasteiger partial charge is 0.189 e. The van der Waals surface area contributed by atoms with Crippen LogP contribution in [0.2, 0.25) is 0 Å². The maximum Gasteiger partial charge on any atom is 0.189 e. The summed E-state index contributed by atoms with van der Waals surface area (Å²) in [6.07, 6.45) is 2.98. The SMILES string of the molecule is CCc1nn2c(-c3ccccc3OC)nnc2/c1=C\c1ccc(N(C)C)s1. The number of aromatic nitrogens is 4. The van der Waals surface area contributed by atoms with Gasteiger partial charge in [-0.15, -0.1) is 21.5 Å². The zero-order valence-electron chi connectivity index (χ0n) is 15.8. The summed E-state index contributed by atoms with van der Waals surface area (Å²) >= 11 is 1.74. The quantitative estimate of drug-likeness (QED) is 0.533. The third-order valence-electron chi connectivity index (χ3n) is 4.44. The molecule has 7 heteroatoms. The number of fused-ring (bicyclic) bond motifs is 1. The average Bonchev–Trinajstić information content (AvgIpc) is 3.38. The van der Waals surface area contributed by atoms with E-state index in [1.807, 2.05) is 42.9 Å². The van der Waals surface area contributed by atoms with Crippen molar-refractivity contribution in [3.63, 3.8) is 0 Å². The Balaban J connectivity index is 1.90. The Bertz CT molecular complexity index is 1140. The first-order valence-electron chi connectivity index (χ1n) is 8.78. The molecule has 0 aliphatic heterocycles. The lowest BCUT2D eigenvalue weighted by atomic mass is 10.2. The summed E-state index contributed by atoms with van der Waals surface area (Å²) in [6.45, 7) is 2.11. The predicted octanol–water partition coefficient (Wildman–Crippen LogP) is 3.04. The van der Waals surface area contributed by atoms with E-state index in [2.05, 4.69) is 40.2 Å². The second-order valence-corrected chi connectivity index (χ2v) is 7.48. The molecule has 0 bridgehead atoms. The zero-order chi connectivity index (χ0) is 19.0. The molecule has 0 saturated carbocycles. The first kappa shape index (κ1) is 17.5. The van der Waals surface area contributed by atoms with Gasteiger partial charge in [0.1, 0.15) is 5.75 Å². The highest BCUT2D eigenvalue weighted by Gasteiger charge is 2.17. The highest BCUT2D eigenvalue weighted by atomic mass is 32.1. The number of nitrogens with zero attached hydrogens (tertiary/aromatic N) is 5. The minimum atomic E-state index is 0.692. The number of hydrogen-bond donors (Lipinski definition) is 0. The molecule has 0 aliphatic rings. The molecule has 0 unspecified atom stereocenters. The molecule has 6 nitrogen and oxygen atoms in total. The van der Waals surface area contributed by atoms with Crippen LogP contribution < -0.4 is 14.9 Å². The van der Waals surface area contributed by atoms with Crippen LogP contribution in [0.1, 0.15) is 17.5 Å². The van der Waals surface area contributed by atoms with Crippen molar-refractivity contribution >= 4 is 28.1 Å². The van der Waals surface area contributed by atoms with Crippen molar-refractivity contribution in [3.05, 3.63) is 52.2 Å². The van der Waals surface area contributed by atoms with Crippen LogP contribution >= 0.6 is 11.3 Å². The van der Waals surface area contributed by atoms with Crippen LogP contribution in [-0.4, -0.2) is 41.0 Å². The normalized spacial score (nSPS) is 12.1. The number of aryl methyl sites for hydroxylation is 1. The highest BCUT2D eigenvalue weighted by molar-refractivity contribution is 7.16. The van der Waals surface area contributed by atoms with E-state index in [-0.39, 0.29) is 0 Å². The van der Waals surface area contributed by atoms with Gasteiger partial charge in [0.2, 0.25) is 0 Å². The molecule has 0 radical (unpaired) electrons. The lowest BCUT2D eigenvalue weighted by Crippen LogP contribution is -2.06. The molecular weight excluding hydrogens is 358 g/mol. The van der Waals surface area contributed by atoms with Crippen LogP contribution in [0, 0.1) is 0 Å². The van der Waals surface area contributed by atoms with Crippen LogP contribution in [0.25, 0.3) is 23.1 Å². The number of anilines is 1. The van der Waals surface area contributed by atoms with Gasteiger partial charge >= 0.3 is 0 Å². The van der Waals surface area contributed by atoms with Crippen molar-refractivity contribution in [1.82, 2.24) is 19.8 Å². The van der Waals surface area contributed by atoms with E-state index in [0.717, 1.165) is 34.3 Å². The first-order chi connectivity index (χ1) is 13.1. The van der Waals surface area contributed by atoms with Gasteiger partial charge in [-0.25, -0.2) is 0 Å². The molecule has 1 aromatic carbocycles. The minimum Gasteiger partial charge on any atom is -0.496 e. The van der Waals surface area contributed by atoms with Crippen molar-refractivity contribution in [1.29, 1.82) is 0 Å². The lowest BCUT2D eigenvalue weighted by Gasteiger charge is -2.06. The van der Waals surface area contributed by atoms with E-state index in [1.165, 1.54) is 9.88 Å². The Kier molecular flexibility index (Phi) is 4.53. The molecule has 0 fully saturated rings. The Morgan fingerprint density at radius 3 is 2.67 bits per heavy atom. The van der Waals surface area contributed by atoms with Gasteiger partial charge in [0.05, 0.1) is 23.4 Å². The number of methoxy groups -OCH3 is 1. The van der Waals surface area contributed by atoms with Crippen molar-refractivity contribution in [2.45, 2.75) is 13.3 Å². The van der Waals surface area contributed by atoms with E-state index in [4.69, 9.17) is 9.84 Å². The molecule has 0 spiro atoms. The fourth-order valence-corrected chi connectivity index (χ4v) is 3.93. The number of ether oxygens (including phenoxy) is 1. The monoisotopic (exact) mass is 379 g/mol. The van der Waals surface area contributed by atoms with E-state index in [1.54, 1.807) is 18.4 Å². The van der Waals surface area contributed by atoms with Crippen molar-refractivity contribution in [2.75, 3.05) is 26.1 Å². The lowest BCUT2D eigenvalue weighted by molar-refractivity contribution is 0.416. The van der Waals surface area contributed by atoms with E-state index in [9.17, 15) is 0 Å². The molecule has 0 atom stereocenters. The molecule has 3 aromatic heterocycles. The summed E-state index contributed by atoms with van der Waals surface area (Å²) in [5.74, 6) is 1.45. The van der Waals surface area contributed by atoms with Crippen molar-refractivity contribution in [3.8, 4) is 17.1 Å². The molecule has 4 rings (SSSR count). The summed E-state index contributed by atoms with van der Waals surface area (Å²) in [5.41, 5.74) is 2.66. The van der Waals surface area contributed by atoms with Gasteiger partial charge in [0.25, 0.3) is 0 Å². The summed E-state index contributed by atoms with van der Waals surface area (Å²) in [7, 11) is 5.76. The van der Waals surface area contributed by atoms with Gasteiger partial charge in [0, 0.05) is 24.2 Å². The summed E-state index contributed by atoms with van der Waals surface area (Å²) in [6, 6.07) is 12.0. The van der Waals surface area contributed by atoms with Crippen LogP contribution in [0.4, 0.5) is 5.00 Å². The molecule has 0 amide bonds. The molecular formula is C20H21N5OS. The van der Waals surface area contributed by atoms with Gasteiger partial charge in [0.15, 0.2) is 11.5 Å². The fraction of sp³-hybridized carbons (Fsp3) is 0.250. The molecule has 0 saturated heterocycles. The van der Waals surface area contributed by atoms with Crippen LogP contribution in [-0.2, 0) is 6.42 Å². The number of thiophene rings is 1. The standard InChI is InChI=1S/C20H21N5OS/c1-5-16-15(12-13-10-11-18(27-13)24(2)3)20-22-21-19(25(20)23-16)14-8-6-7-9-17(14)26-4/h6-12H,5H2,1-4H3/b15-12-. The average molecular weight is 379 g/mol. The van der Waals surface area contributed by atoms with Crippen molar-refractivity contribution in [2.24, 2.45) is 0 Å². The molecule has 4 aromatic rings. The zero-order valence-corrected chi connectivity index (χ0v) is 16.6. The third-order valence-corrected chi connectivity index (χ3v) is 5.64. The fourth-order valence-electron chi connectivity index (χ4n) is 3.05. The van der Waals surface area contributed by atoms with E-state index in [0.29, 0.717) is 5.82 Å². The molecule has 3 heterocycles. The minimum absolute atomic E-state index is 0.692. The van der Waals surface area contributed by atoms with E-state index < -0.39 is 0 Å². The van der Waals surface area contributed by atoms with Crippen LogP contribution in [0.15, 0.2) is 36.4 Å². The highest BCUT2D eigenvalue weighted by Crippen LogP contribution is 2.28. The van der Waals surface area contributed by atoms with Gasteiger partial charge in [-0.05, 0) is 36.8 Å². The number of benzene rings is 1. The van der Waals surface area contributed by atoms with Crippen molar-refractivity contribution < 1.29 is 4.74 Å². The number of para-hydroxylation sites is 1. The summed E-state index contributed by atoms with van der Waals surface area (Å²) < 4.78 is 7.30. The number of hydrogen-bond acceptors (Lipinski definition) is 6. The number of rotatable bonds is 5. The maximum absolute atomic E-state index is 5.48. The largest absolute Gasteiger partial charge is 0.496 e. The maximum atomic E-state index is 5.48. The molecule has 27 heavy (non-hydrogen) atoms. The predicted molar refractivity (Wildman–Crippen MR) is 110 cm³/mol. The summed E-state index contributed by atoms with van der Waals surface area (Å²) in [5, 5.41) is 15.8. The molecule has 0 N–H and O–H groups in total. The Morgan fingerprint density at radius 2 is 1.96 bits per heavy atom. The second kappa shape index (κ2) is 7.00. The second-order valence-electron chi connectivity index (χ2n) is 6.39. The third kappa shape index (κ3) is 3.04. The Hall–Kier alpha value is -2.93. The van der Waals surface area contributed by atoms with Gasteiger partial charge in [-0.1, -0.05) is 19.1 Å². The van der Waals surface area contributed by atoms with Gasteiger partial charge < -0.3 is 9.64 Å². The Labute approximate surface area is 161 Å². The van der Waals surface area contributed by atoms with Gasteiger partial charge in [-0.3, -0.25) is 0 Å². The van der Waals surface area contributed by atoms with E-state index >= 15 is 0 Å². The first-order valence-corrected chi connectivity index (χ1v) is 9.60. The van der Waals surface area contributed by atoms with Gasteiger partial charge in [-0.2, -0.15) is 9.61 Å². The summed E-state index contributed by atoms with van der Waals surface area (Å²) in [4.78, 5) is 3.28. The Morgan fingerprint density at radius 1 is 1.15 bits per heavy atom. The molecule has 138 valence electrons.